The lowest BCUT2D eigenvalue weighted by atomic mass is 10.1. The van der Waals surface area contributed by atoms with Crippen molar-refractivity contribution >= 4 is 45.9 Å². The van der Waals surface area contributed by atoms with Crippen LogP contribution in [-0.2, 0) is 0 Å². The van der Waals surface area contributed by atoms with Gasteiger partial charge in [-0.3, -0.25) is 4.79 Å². The number of carbonyl (C=O) groups is 1. The molecule has 0 fully saturated rings. The summed E-state index contributed by atoms with van der Waals surface area (Å²) in [5.74, 6) is 0.519. The maximum absolute atomic E-state index is 12.6. The van der Waals surface area contributed by atoms with E-state index < -0.39 is 0 Å². The van der Waals surface area contributed by atoms with Crippen LogP contribution in [0.4, 0.5) is 5.69 Å². The molecular weight excluding hydrogens is 423 g/mol. The SMILES string of the molecule is COc1c(Cl)cc(C(=O)Nc2ccc3oc(-c4cc(C)cc(C)c4)nc3c2)cc1Cl. The maximum atomic E-state index is 12.6. The number of oxazole rings is 1. The standard InChI is InChI=1S/C23H18Cl2N2O3/c1-12-6-13(2)8-15(7-12)23-27-19-11-16(4-5-20(19)30-23)26-22(28)14-9-17(24)21(29-3)18(25)10-14/h4-11H,1-3H3,(H,26,28). The van der Waals surface area contributed by atoms with Crippen LogP contribution in [0.15, 0.2) is 52.9 Å². The van der Waals surface area contributed by atoms with Crippen molar-refractivity contribution in [2.75, 3.05) is 12.4 Å². The highest BCUT2D eigenvalue weighted by Crippen LogP contribution is 2.34. The van der Waals surface area contributed by atoms with Crippen molar-refractivity contribution < 1.29 is 13.9 Å². The number of ether oxygens (including phenoxy) is 1. The molecule has 0 bridgehead atoms. The number of halogens is 2. The quantitative estimate of drug-likeness (QED) is 0.384. The second kappa shape index (κ2) is 8.01. The number of hydrogen-bond donors (Lipinski definition) is 1. The molecule has 0 aliphatic carbocycles. The Morgan fingerprint density at radius 3 is 2.30 bits per heavy atom. The second-order valence-corrected chi connectivity index (χ2v) is 7.82. The predicted molar refractivity (Wildman–Crippen MR) is 120 cm³/mol. The molecule has 0 unspecified atom stereocenters. The predicted octanol–water partition coefficient (Wildman–Crippen LogP) is 6.68. The van der Waals surface area contributed by atoms with E-state index in [-0.39, 0.29) is 16.0 Å². The largest absolute Gasteiger partial charge is 0.494 e. The Balaban J connectivity index is 1.62. The smallest absolute Gasteiger partial charge is 0.255 e. The molecule has 1 heterocycles. The third-order valence-corrected chi connectivity index (χ3v) is 5.14. The normalized spacial score (nSPS) is 11.0. The van der Waals surface area contributed by atoms with Crippen molar-refractivity contribution in [3.63, 3.8) is 0 Å². The number of nitrogens with one attached hydrogen (secondary N) is 1. The highest BCUT2D eigenvalue weighted by atomic mass is 35.5. The van der Waals surface area contributed by atoms with Crippen molar-refractivity contribution in [3.8, 4) is 17.2 Å². The molecule has 4 rings (SSSR count). The average Bonchev–Trinajstić information content (AvgIpc) is 3.10. The number of rotatable bonds is 4. The molecule has 0 atom stereocenters. The molecule has 1 amide bonds. The molecule has 0 aliphatic rings. The van der Waals surface area contributed by atoms with Gasteiger partial charge in [-0.1, -0.05) is 40.4 Å². The van der Waals surface area contributed by atoms with Crippen LogP contribution >= 0.6 is 23.2 Å². The minimum atomic E-state index is -0.348. The first kappa shape index (κ1) is 20.3. The second-order valence-electron chi connectivity index (χ2n) is 7.01. The molecule has 0 aliphatic heterocycles. The van der Waals surface area contributed by atoms with Crippen molar-refractivity contribution in [2.45, 2.75) is 13.8 Å². The van der Waals surface area contributed by atoms with Gasteiger partial charge < -0.3 is 14.5 Å². The van der Waals surface area contributed by atoms with E-state index in [2.05, 4.69) is 16.4 Å². The number of methoxy groups -OCH3 is 1. The van der Waals surface area contributed by atoms with Crippen LogP contribution in [0.25, 0.3) is 22.6 Å². The zero-order chi connectivity index (χ0) is 21.4. The lowest BCUT2D eigenvalue weighted by molar-refractivity contribution is 0.102. The fraction of sp³-hybridized carbons (Fsp3) is 0.130. The van der Waals surface area contributed by atoms with Crippen molar-refractivity contribution in [1.82, 2.24) is 4.98 Å². The van der Waals surface area contributed by atoms with Gasteiger partial charge in [0, 0.05) is 16.8 Å². The van der Waals surface area contributed by atoms with E-state index in [1.807, 2.05) is 26.0 Å². The lowest BCUT2D eigenvalue weighted by Gasteiger charge is -2.09. The van der Waals surface area contributed by atoms with Crippen LogP contribution < -0.4 is 10.1 Å². The van der Waals surface area contributed by atoms with Gasteiger partial charge >= 0.3 is 0 Å². The van der Waals surface area contributed by atoms with E-state index in [1.54, 1.807) is 18.2 Å². The summed E-state index contributed by atoms with van der Waals surface area (Å²) in [5.41, 5.74) is 5.37. The number of aryl methyl sites for hydroxylation is 2. The number of fused-ring (bicyclic) bond motifs is 1. The van der Waals surface area contributed by atoms with Crippen LogP contribution in [0, 0.1) is 13.8 Å². The summed E-state index contributed by atoms with van der Waals surface area (Å²) in [6, 6.07) is 14.5. The molecule has 7 heteroatoms. The van der Waals surface area contributed by atoms with Gasteiger partial charge in [0.25, 0.3) is 5.91 Å². The highest BCUT2D eigenvalue weighted by molar-refractivity contribution is 6.37. The van der Waals surface area contributed by atoms with E-state index in [0.29, 0.717) is 34.0 Å². The lowest BCUT2D eigenvalue weighted by Crippen LogP contribution is -2.12. The summed E-state index contributed by atoms with van der Waals surface area (Å²) in [4.78, 5) is 17.2. The molecule has 3 aromatic carbocycles. The molecule has 30 heavy (non-hydrogen) atoms. The van der Waals surface area contributed by atoms with Crippen molar-refractivity contribution in [3.05, 3.63) is 75.3 Å². The Labute approximate surface area is 183 Å². The van der Waals surface area contributed by atoms with E-state index in [9.17, 15) is 4.79 Å². The summed E-state index contributed by atoms with van der Waals surface area (Å²) in [6.45, 7) is 4.06. The summed E-state index contributed by atoms with van der Waals surface area (Å²) in [6.07, 6.45) is 0. The number of hydrogen-bond acceptors (Lipinski definition) is 4. The molecule has 152 valence electrons. The summed E-state index contributed by atoms with van der Waals surface area (Å²) >= 11 is 12.3. The Kier molecular flexibility index (Phi) is 5.41. The van der Waals surface area contributed by atoms with Gasteiger partial charge in [-0.05, 0) is 56.3 Å². The Bertz CT molecular complexity index is 1240. The molecule has 0 spiro atoms. The van der Waals surface area contributed by atoms with E-state index in [4.69, 9.17) is 32.4 Å². The third kappa shape index (κ3) is 3.99. The molecular formula is C23H18Cl2N2O3. The molecule has 0 saturated carbocycles. The Morgan fingerprint density at radius 1 is 1.00 bits per heavy atom. The number of benzene rings is 3. The zero-order valence-electron chi connectivity index (χ0n) is 16.5. The van der Waals surface area contributed by atoms with Crippen LogP contribution in [-0.4, -0.2) is 18.0 Å². The first-order valence-electron chi connectivity index (χ1n) is 9.17. The van der Waals surface area contributed by atoms with Gasteiger partial charge in [0.05, 0.1) is 17.2 Å². The van der Waals surface area contributed by atoms with Gasteiger partial charge in [-0.15, -0.1) is 0 Å². The average molecular weight is 441 g/mol. The number of carbonyl (C=O) groups excluding carboxylic acids is 1. The number of anilines is 1. The number of nitrogens with zero attached hydrogens (tertiary/aromatic N) is 1. The molecule has 4 aromatic rings. The molecule has 5 nitrogen and oxygen atoms in total. The fourth-order valence-electron chi connectivity index (χ4n) is 3.32. The van der Waals surface area contributed by atoms with Gasteiger partial charge in [-0.25, -0.2) is 4.98 Å². The van der Waals surface area contributed by atoms with Crippen LogP contribution in [0.3, 0.4) is 0 Å². The van der Waals surface area contributed by atoms with Crippen molar-refractivity contribution in [2.24, 2.45) is 0 Å². The summed E-state index contributed by atoms with van der Waals surface area (Å²) in [7, 11) is 1.46. The van der Waals surface area contributed by atoms with Gasteiger partial charge in [0.2, 0.25) is 5.89 Å². The van der Waals surface area contributed by atoms with Crippen LogP contribution in [0.1, 0.15) is 21.5 Å². The Morgan fingerprint density at radius 2 is 1.67 bits per heavy atom. The number of amides is 1. The minimum Gasteiger partial charge on any atom is -0.494 e. The minimum absolute atomic E-state index is 0.264. The van der Waals surface area contributed by atoms with E-state index in [1.165, 1.54) is 19.2 Å². The first-order chi connectivity index (χ1) is 14.3. The molecule has 1 aromatic heterocycles. The summed E-state index contributed by atoms with van der Waals surface area (Å²) in [5, 5.41) is 3.36. The summed E-state index contributed by atoms with van der Waals surface area (Å²) < 4.78 is 11.0. The monoisotopic (exact) mass is 440 g/mol. The third-order valence-electron chi connectivity index (χ3n) is 4.58. The van der Waals surface area contributed by atoms with Crippen LogP contribution in [0.2, 0.25) is 10.0 Å². The zero-order valence-corrected chi connectivity index (χ0v) is 18.1. The fourth-order valence-corrected chi connectivity index (χ4v) is 3.96. The van der Waals surface area contributed by atoms with Gasteiger partial charge in [0.1, 0.15) is 5.52 Å². The molecule has 0 saturated heterocycles. The Hall–Kier alpha value is -3.02. The highest BCUT2D eigenvalue weighted by Gasteiger charge is 2.15. The molecule has 0 radical (unpaired) electrons. The van der Waals surface area contributed by atoms with Gasteiger partial charge in [0.15, 0.2) is 11.3 Å². The molecule has 1 N–H and O–H groups in total. The maximum Gasteiger partial charge on any atom is 0.255 e. The number of aromatic nitrogens is 1. The van der Waals surface area contributed by atoms with E-state index >= 15 is 0 Å². The topological polar surface area (TPSA) is 64.4 Å². The van der Waals surface area contributed by atoms with Crippen LogP contribution in [0.5, 0.6) is 5.75 Å². The van der Waals surface area contributed by atoms with Gasteiger partial charge in [-0.2, -0.15) is 0 Å². The van der Waals surface area contributed by atoms with Crippen molar-refractivity contribution in [1.29, 1.82) is 0 Å². The van der Waals surface area contributed by atoms with E-state index in [0.717, 1.165) is 16.7 Å². The first-order valence-corrected chi connectivity index (χ1v) is 9.93.